The maximum Gasteiger partial charge on any atom is 0.414 e. The molecule has 1 aromatic carbocycles. The van der Waals surface area contributed by atoms with Gasteiger partial charge in [0, 0.05) is 18.8 Å². The number of piperidine rings is 1. The monoisotopic (exact) mass is 320 g/mol. The largest absolute Gasteiger partial charge is 0.414 e. The van der Waals surface area contributed by atoms with Crippen LogP contribution in [0.5, 0.6) is 0 Å². The number of anilines is 1. The molecule has 22 heavy (non-hydrogen) atoms. The smallest absolute Gasteiger partial charge is 0.383 e. The van der Waals surface area contributed by atoms with Gasteiger partial charge in [0.2, 0.25) is 0 Å². The van der Waals surface area contributed by atoms with E-state index in [1.165, 1.54) is 23.1 Å². The first-order valence-corrected chi connectivity index (χ1v) is 6.83. The number of likely N-dealkylation sites (tertiary alicyclic amines) is 1. The van der Waals surface area contributed by atoms with Crippen LogP contribution in [0.4, 0.5) is 28.0 Å². The molecule has 0 bridgehead atoms. The van der Waals surface area contributed by atoms with Crippen molar-refractivity contribution in [1.29, 1.82) is 0 Å². The van der Waals surface area contributed by atoms with Crippen LogP contribution in [0.15, 0.2) is 24.3 Å². The molecule has 1 heterocycles. The Labute approximate surface area is 124 Å². The van der Waals surface area contributed by atoms with E-state index in [1.54, 1.807) is 0 Å². The summed E-state index contributed by atoms with van der Waals surface area (Å²) in [4.78, 5) is 13.3. The normalized spacial score (nSPS) is 18.1. The number of hydrogen-bond donors (Lipinski definition) is 2. The Morgan fingerprint density at radius 2 is 1.95 bits per heavy atom. The summed E-state index contributed by atoms with van der Waals surface area (Å²) < 4.78 is 50.3. The summed E-state index contributed by atoms with van der Waals surface area (Å²) in [6.07, 6.45) is -6.87. The van der Waals surface area contributed by atoms with Crippen molar-refractivity contribution in [2.24, 2.45) is 5.92 Å². The second kappa shape index (κ2) is 6.51. The topological polar surface area (TPSA) is 52.6 Å². The summed E-state index contributed by atoms with van der Waals surface area (Å²) in [6.45, 7) is 0.220. The van der Waals surface area contributed by atoms with Crippen LogP contribution in [0.1, 0.15) is 12.8 Å². The number of benzene rings is 1. The number of nitrogens with zero attached hydrogens (tertiary/aromatic N) is 1. The average Bonchev–Trinajstić information content (AvgIpc) is 2.45. The van der Waals surface area contributed by atoms with E-state index in [9.17, 15) is 27.5 Å². The molecule has 2 N–H and O–H groups in total. The molecular formula is C14H16F4N2O2. The van der Waals surface area contributed by atoms with E-state index in [4.69, 9.17) is 0 Å². The lowest BCUT2D eigenvalue weighted by molar-refractivity contribution is -0.222. The Hall–Kier alpha value is -1.83. The molecule has 1 unspecified atom stereocenters. The third-order valence-corrected chi connectivity index (χ3v) is 3.68. The van der Waals surface area contributed by atoms with Crippen LogP contribution < -0.4 is 5.32 Å². The number of nitrogens with one attached hydrogen (secondary N) is 1. The maximum absolute atomic E-state index is 13.0. The number of hydrogen-bond acceptors (Lipinski definition) is 2. The standard InChI is InChI=1S/C14H16F4N2O2/c15-10-2-1-3-11(8-10)19-13(22)20-6-4-9(5-7-20)12(21)14(16,17)18/h1-3,8-9,12,21H,4-7H2,(H,19,22). The first-order valence-electron chi connectivity index (χ1n) is 6.83. The van der Waals surface area contributed by atoms with E-state index in [-0.39, 0.29) is 31.6 Å². The molecule has 1 aliphatic rings. The zero-order valence-electron chi connectivity index (χ0n) is 11.6. The fourth-order valence-corrected chi connectivity index (χ4v) is 2.45. The molecule has 1 fully saturated rings. The lowest BCUT2D eigenvalue weighted by atomic mass is 9.91. The van der Waals surface area contributed by atoms with E-state index < -0.39 is 30.0 Å². The minimum absolute atomic E-state index is 0.0667. The van der Waals surface area contributed by atoms with Gasteiger partial charge >= 0.3 is 12.2 Å². The maximum atomic E-state index is 13.0. The van der Waals surface area contributed by atoms with E-state index in [0.29, 0.717) is 0 Å². The number of urea groups is 1. The third-order valence-electron chi connectivity index (χ3n) is 3.68. The van der Waals surface area contributed by atoms with Crippen LogP contribution in [0, 0.1) is 11.7 Å². The van der Waals surface area contributed by atoms with Gasteiger partial charge in [0.05, 0.1) is 0 Å². The molecule has 0 aliphatic carbocycles. The minimum atomic E-state index is -4.64. The van der Waals surface area contributed by atoms with Crippen molar-refractivity contribution in [3.63, 3.8) is 0 Å². The number of rotatable bonds is 2. The van der Waals surface area contributed by atoms with Gasteiger partial charge in [-0.3, -0.25) is 0 Å². The van der Waals surface area contributed by atoms with Crippen LogP contribution in [0.2, 0.25) is 0 Å². The van der Waals surface area contributed by atoms with Gasteiger partial charge in [-0.1, -0.05) is 6.07 Å². The summed E-state index contributed by atoms with van der Waals surface area (Å²) >= 11 is 0. The number of alkyl halides is 3. The van der Waals surface area contributed by atoms with E-state index in [0.717, 1.165) is 6.07 Å². The highest BCUT2D eigenvalue weighted by atomic mass is 19.4. The van der Waals surface area contributed by atoms with Gasteiger partial charge in [0.25, 0.3) is 0 Å². The highest BCUT2D eigenvalue weighted by Crippen LogP contribution is 2.31. The molecule has 8 heteroatoms. The Kier molecular flexibility index (Phi) is 4.90. The van der Waals surface area contributed by atoms with E-state index in [2.05, 4.69) is 5.32 Å². The molecule has 4 nitrogen and oxygen atoms in total. The molecule has 122 valence electrons. The summed E-state index contributed by atoms with van der Waals surface area (Å²) in [5.74, 6) is -1.40. The second-order valence-electron chi connectivity index (χ2n) is 5.25. The highest BCUT2D eigenvalue weighted by Gasteiger charge is 2.44. The second-order valence-corrected chi connectivity index (χ2v) is 5.25. The van der Waals surface area contributed by atoms with Crippen LogP contribution >= 0.6 is 0 Å². The fourth-order valence-electron chi connectivity index (χ4n) is 2.45. The summed E-state index contributed by atoms with van der Waals surface area (Å²) in [7, 11) is 0. The van der Waals surface area contributed by atoms with E-state index >= 15 is 0 Å². The molecule has 0 saturated carbocycles. The molecule has 2 rings (SSSR count). The van der Waals surface area contributed by atoms with Crippen molar-refractivity contribution < 1.29 is 27.5 Å². The zero-order valence-corrected chi connectivity index (χ0v) is 11.6. The van der Waals surface area contributed by atoms with Gasteiger partial charge in [0.1, 0.15) is 5.82 Å². The molecule has 1 saturated heterocycles. The average molecular weight is 320 g/mol. The van der Waals surface area contributed by atoms with Gasteiger partial charge in [-0.25, -0.2) is 9.18 Å². The molecule has 1 aliphatic heterocycles. The number of carbonyl (C=O) groups excluding carboxylic acids is 1. The summed E-state index contributed by atoms with van der Waals surface area (Å²) in [5.41, 5.74) is 0.280. The number of halogens is 4. The van der Waals surface area contributed by atoms with E-state index in [1.807, 2.05) is 0 Å². The molecular weight excluding hydrogens is 304 g/mol. The summed E-state index contributed by atoms with van der Waals surface area (Å²) in [5, 5.41) is 11.7. The molecule has 2 amide bonds. The fraction of sp³-hybridized carbons (Fsp3) is 0.500. The van der Waals surface area contributed by atoms with Crippen molar-refractivity contribution in [3.05, 3.63) is 30.1 Å². The molecule has 0 radical (unpaired) electrons. The van der Waals surface area contributed by atoms with Crippen molar-refractivity contribution in [3.8, 4) is 0 Å². The van der Waals surface area contributed by atoms with Gasteiger partial charge in [-0.15, -0.1) is 0 Å². The SMILES string of the molecule is O=C(Nc1cccc(F)c1)N1CCC(C(O)C(F)(F)F)CC1. The van der Waals surface area contributed by atoms with Crippen LogP contribution in [0.3, 0.4) is 0 Å². The molecule has 0 aromatic heterocycles. The van der Waals surface area contributed by atoms with Crippen molar-refractivity contribution in [2.75, 3.05) is 18.4 Å². The Morgan fingerprint density at radius 3 is 2.50 bits per heavy atom. The highest BCUT2D eigenvalue weighted by molar-refractivity contribution is 5.89. The summed E-state index contributed by atoms with van der Waals surface area (Å²) in [6, 6.07) is 4.85. The lowest BCUT2D eigenvalue weighted by Crippen LogP contribution is -2.46. The van der Waals surface area contributed by atoms with Crippen molar-refractivity contribution >= 4 is 11.7 Å². The molecule has 1 aromatic rings. The zero-order chi connectivity index (χ0) is 16.3. The lowest BCUT2D eigenvalue weighted by Gasteiger charge is -2.34. The van der Waals surface area contributed by atoms with Crippen LogP contribution in [0.25, 0.3) is 0 Å². The number of aliphatic hydroxyl groups excluding tert-OH is 1. The molecule has 0 spiro atoms. The van der Waals surface area contributed by atoms with Gasteiger partial charge < -0.3 is 15.3 Å². The number of carbonyl (C=O) groups is 1. The van der Waals surface area contributed by atoms with Crippen molar-refractivity contribution in [2.45, 2.75) is 25.1 Å². The van der Waals surface area contributed by atoms with Crippen LogP contribution in [-0.2, 0) is 0 Å². The number of amides is 2. The minimum Gasteiger partial charge on any atom is -0.383 e. The Morgan fingerprint density at radius 1 is 1.32 bits per heavy atom. The van der Waals surface area contributed by atoms with Gasteiger partial charge in [-0.05, 0) is 37.0 Å². The van der Waals surface area contributed by atoms with Crippen molar-refractivity contribution in [1.82, 2.24) is 4.90 Å². The quantitative estimate of drug-likeness (QED) is 0.823. The third kappa shape index (κ3) is 4.09. The predicted octanol–water partition coefficient (Wildman–Crippen LogP) is 2.99. The Bertz CT molecular complexity index is 528. The Balaban J connectivity index is 1.87. The first kappa shape index (κ1) is 16.5. The van der Waals surface area contributed by atoms with Gasteiger partial charge in [0.15, 0.2) is 6.10 Å². The van der Waals surface area contributed by atoms with Gasteiger partial charge in [-0.2, -0.15) is 13.2 Å². The predicted molar refractivity (Wildman–Crippen MR) is 71.8 cm³/mol. The number of aliphatic hydroxyl groups is 1. The molecule has 1 atom stereocenters. The first-order chi connectivity index (χ1) is 10.3. The van der Waals surface area contributed by atoms with Crippen LogP contribution in [-0.4, -0.2) is 41.4 Å².